The fourth-order valence-corrected chi connectivity index (χ4v) is 4.32. The Balaban J connectivity index is 1.81. The van der Waals surface area contributed by atoms with Crippen molar-refractivity contribution in [2.75, 3.05) is 20.8 Å². The molecule has 6 heteroatoms. The van der Waals surface area contributed by atoms with Gasteiger partial charge in [0.05, 0.1) is 36.6 Å². The summed E-state index contributed by atoms with van der Waals surface area (Å²) in [5, 5.41) is 0.667. The minimum absolute atomic E-state index is 0.109. The molecule has 1 heterocycles. The summed E-state index contributed by atoms with van der Waals surface area (Å²) in [6, 6.07) is 20.6. The van der Waals surface area contributed by atoms with Crippen LogP contribution in [0.4, 0.5) is 0 Å². The van der Waals surface area contributed by atoms with Gasteiger partial charge in [-0.15, -0.1) is 11.3 Å². The molecule has 0 atom stereocenters. The molecule has 0 spiro atoms. The Bertz CT molecular complexity index is 1240. The molecule has 3 aromatic carbocycles. The third-order valence-electron chi connectivity index (χ3n) is 4.92. The molecule has 162 valence electrons. The lowest BCUT2D eigenvalue weighted by atomic mass is 10.0. The molecule has 0 bridgehead atoms. The van der Waals surface area contributed by atoms with Crippen molar-refractivity contribution in [3.05, 3.63) is 82.9 Å². The van der Waals surface area contributed by atoms with Crippen LogP contribution >= 0.6 is 11.3 Å². The molecule has 0 saturated heterocycles. The lowest BCUT2D eigenvalue weighted by Crippen LogP contribution is -2.03. The van der Waals surface area contributed by atoms with Crippen LogP contribution in [-0.2, 0) is 0 Å². The first-order valence-corrected chi connectivity index (χ1v) is 11.0. The Hall–Kier alpha value is -3.64. The molecule has 0 N–H and O–H groups in total. The number of para-hydroxylation sites is 1. The van der Waals surface area contributed by atoms with Gasteiger partial charge in [-0.2, -0.15) is 0 Å². The van der Waals surface area contributed by atoms with Gasteiger partial charge in [-0.05, 0) is 67.1 Å². The highest BCUT2D eigenvalue weighted by Gasteiger charge is 2.19. The zero-order valence-electron chi connectivity index (χ0n) is 18.1. The van der Waals surface area contributed by atoms with E-state index in [0.29, 0.717) is 34.3 Å². The fourth-order valence-electron chi connectivity index (χ4n) is 3.35. The van der Waals surface area contributed by atoms with Gasteiger partial charge in [0.2, 0.25) is 0 Å². The number of hydrogen-bond donors (Lipinski definition) is 0. The van der Waals surface area contributed by atoms with Crippen LogP contribution in [-0.4, -0.2) is 31.6 Å². The molecule has 4 aromatic rings. The predicted molar refractivity (Wildman–Crippen MR) is 129 cm³/mol. The molecule has 0 unspecified atom stereocenters. The van der Waals surface area contributed by atoms with Gasteiger partial charge in [0.1, 0.15) is 10.8 Å². The molecule has 5 nitrogen and oxygen atoms in total. The summed E-state index contributed by atoms with van der Waals surface area (Å²) in [5.41, 5.74) is 2.77. The summed E-state index contributed by atoms with van der Waals surface area (Å²) in [5.74, 6) is 1.85. The van der Waals surface area contributed by atoms with Crippen LogP contribution in [0.3, 0.4) is 0 Å². The van der Waals surface area contributed by atoms with E-state index in [4.69, 9.17) is 19.2 Å². The van der Waals surface area contributed by atoms with E-state index in [1.54, 1.807) is 26.4 Å². The molecule has 0 amide bonds. The van der Waals surface area contributed by atoms with Crippen LogP contribution in [0.1, 0.15) is 27.9 Å². The number of fused-ring (bicyclic) bond motifs is 1. The Labute approximate surface area is 190 Å². The van der Waals surface area contributed by atoms with Gasteiger partial charge in [0.15, 0.2) is 17.3 Å². The molecular formula is C26H23NO4S. The van der Waals surface area contributed by atoms with Crippen LogP contribution in [0.5, 0.6) is 17.2 Å². The standard InChI is InChI=1S/C26H23NO4S/c1-4-31-19-12-10-18(11-13-19)25(28)20(26-27-21-7-5-6-8-24(21)32-26)15-17-9-14-22(29-2)23(16-17)30-3/h5-16H,4H2,1-3H3/b20-15+. The molecule has 1 aromatic heterocycles. The number of carbonyl (C=O) groups excluding carboxylic acids is 1. The minimum atomic E-state index is -0.109. The maximum atomic E-state index is 13.6. The molecule has 0 radical (unpaired) electrons. The molecule has 0 aliphatic rings. The van der Waals surface area contributed by atoms with Crippen LogP contribution in [0, 0.1) is 0 Å². The van der Waals surface area contributed by atoms with E-state index >= 15 is 0 Å². The second-order valence-electron chi connectivity index (χ2n) is 6.95. The van der Waals surface area contributed by atoms with Crippen molar-refractivity contribution >= 4 is 39.0 Å². The number of thiazole rings is 1. The number of benzene rings is 3. The van der Waals surface area contributed by atoms with Crippen molar-refractivity contribution in [3.63, 3.8) is 0 Å². The van der Waals surface area contributed by atoms with Crippen LogP contribution in [0.25, 0.3) is 21.9 Å². The van der Waals surface area contributed by atoms with Crippen molar-refractivity contribution in [3.8, 4) is 17.2 Å². The third-order valence-corrected chi connectivity index (χ3v) is 5.98. The van der Waals surface area contributed by atoms with Crippen molar-refractivity contribution in [1.82, 2.24) is 4.98 Å². The number of allylic oxidation sites excluding steroid dienone is 1. The van der Waals surface area contributed by atoms with Gasteiger partial charge < -0.3 is 14.2 Å². The normalized spacial score (nSPS) is 11.4. The highest BCUT2D eigenvalue weighted by atomic mass is 32.1. The zero-order chi connectivity index (χ0) is 22.5. The number of ketones is 1. The summed E-state index contributed by atoms with van der Waals surface area (Å²) in [6.07, 6.45) is 1.85. The number of rotatable bonds is 8. The average molecular weight is 446 g/mol. The maximum Gasteiger partial charge on any atom is 0.196 e. The third kappa shape index (κ3) is 4.50. The van der Waals surface area contributed by atoms with Gasteiger partial charge in [0, 0.05) is 5.56 Å². The highest BCUT2D eigenvalue weighted by Crippen LogP contribution is 2.33. The van der Waals surface area contributed by atoms with E-state index in [9.17, 15) is 4.79 Å². The molecule has 4 rings (SSSR count). The average Bonchev–Trinajstić information content (AvgIpc) is 3.26. The summed E-state index contributed by atoms with van der Waals surface area (Å²) >= 11 is 1.50. The monoisotopic (exact) mass is 445 g/mol. The van der Waals surface area contributed by atoms with Gasteiger partial charge in [-0.25, -0.2) is 4.98 Å². The second-order valence-corrected chi connectivity index (χ2v) is 7.98. The Kier molecular flexibility index (Phi) is 6.52. The van der Waals surface area contributed by atoms with Gasteiger partial charge in [0.25, 0.3) is 0 Å². The first kappa shape index (κ1) is 21.6. The zero-order valence-corrected chi connectivity index (χ0v) is 18.9. The largest absolute Gasteiger partial charge is 0.494 e. The molecule has 0 saturated carbocycles. The van der Waals surface area contributed by atoms with E-state index < -0.39 is 0 Å². The number of Topliss-reactive ketones (excluding diaryl/α,β-unsaturated/α-hetero) is 1. The Morgan fingerprint density at radius 3 is 2.41 bits per heavy atom. The van der Waals surface area contributed by atoms with Crippen LogP contribution < -0.4 is 14.2 Å². The Morgan fingerprint density at radius 2 is 1.72 bits per heavy atom. The second kappa shape index (κ2) is 9.66. The number of ether oxygens (including phenoxy) is 3. The van der Waals surface area contributed by atoms with E-state index in [2.05, 4.69) is 0 Å². The first-order chi connectivity index (χ1) is 15.6. The number of nitrogens with zero attached hydrogens (tertiary/aromatic N) is 1. The van der Waals surface area contributed by atoms with E-state index in [-0.39, 0.29) is 5.78 Å². The van der Waals surface area contributed by atoms with E-state index in [1.165, 1.54) is 11.3 Å². The summed E-state index contributed by atoms with van der Waals surface area (Å²) in [6.45, 7) is 2.50. The van der Waals surface area contributed by atoms with Gasteiger partial charge in [-0.3, -0.25) is 4.79 Å². The quantitative estimate of drug-likeness (QED) is 0.241. The molecular weight excluding hydrogens is 422 g/mol. The number of aromatic nitrogens is 1. The number of carbonyl (C=O) groups is 1. The maximum absolute atomic E-state index is 13.6. The van der Waals surface area contributed by atoms with Crippen molar-refractivity contribution in [1.29, 1.82) is 0 Å². The lowest BCUT2D eigenvalue weighted by Gasteiger charge is -2.09. The summed E-state index contributed by atoms with van der Waals surface area (Å²) in [7, 11) is 3.18. The van der Waals surface area contributed by atoms with Gasteiger partial charge in [-0.1, -0.05) is 18.2 Å². The summed E-state index contributed by atoms with van der Waals surface area (Å²) < 4.78 is 17.3. The summed E-state index contributed by atoms with van der Waals surface area (Å²) in [4.78, 5) is 18.3. The number of methoxy groups -OCH3 is 2. The molecule has 32 heavy (non-hydrogen) atoms. The first-order valence-electron chi connectivity index (χ1n) is 10.2. The van der Waals surface area contributed by atoms with E-state index in [1.807, 2.05) is 67.6 Å². The minimum Gasteiger partial charge on any atom is -0.494 e. The number of hydrogen-bond acceptors (Lipinski definition) is 6. The topological polar surface area (TPSA) is 57.7 Å². The van der Waals surface area contributed by atoms with Crippen molar-refractivity contribution in [2.45, 2.75) is 6.92 Å². The molecule has 0 aliphatic heterocycles. The van der Waals surface area contributed by atoms with Crippen LogP contribution in [0.15, 0.2) is 66.7 Å². The van der Waals surface area contributed by atoms with Gasteiger partial charge >= 0.3 is 0 Å². The molecule has 0 aliphatic carbocycles. The SMILES string of the molecule is CCOc1ccc(C(=O)/C(=C\c2ccc(OC)c(OC)c2)c2nc3ccccc3s2)cc1. The fraction of sp³-hybridized carbons (Fsp3) is 0.154. The smallest absolute Gasteiger partial charge is 0.196 e. The highest BCUT2D eigenvalue weighted by molar-refractivity contribution is 7.20. The van der Waals surface area contributed by atoms with Crippen LogP contribution in [0.2, 0.25) is 0 Å². The van der Waals surface area contributed by atoms with E-state index in [0.717, 1.165) is 21.5 Å². The van der Waals surface area contributed by atoms with Crippen molar-refractivity contribution < 1.29 is 19.0 Å². The lowest BCUT2D eigenvalue weighted by molar-refractivity contribution is 0.105. The van der Waals surface area contributed by atoms with Crippen molar-refractivity contribution in [2.24, 2.45) is 0 Å². The predicted octanol–water partition coefficient (Wildman–Crippen LogP) is 6.14. The Morgan fingerprint density at radius 1 is 0.969 bits per heavy atom. The molecule has 0 fully saturated rings.